The second-order valence-corrected chi connectivity index (χ2v) is 6.08. The van der Waals surface area contributed by atoms with Crippen LogP contribution in [0, 0.1) is 5.92 Å². The van der Waals surface area contributed by atoms with Gasteiger partial charge in [0.1, 0.15) is 6.04 Å². The number of carboxylic acids is 1. The number of amides is 2. The molecule has 0 spiro atoms. The van der Waals surface area contributed by atoms with E-state index in [2.05, 4.69) is 10.6 Å². The van der Waals surface area contributed by atoms with Gasteiger partial charge in [0.25, 0.3) is 5.91 Å². The van der Waals surface area contributed by atoms with Gasteiger partial charge < -0.3 is 25.6 Å². The highest BCUT2D eigenvalue weighted by atomic mass is 16.6. The number of aliphatic carboxylic acids is 1. The monoisotopic (exact) mass is 330 g/mol. The first kappa shape index (κ1) is 19.4. The van der Waals surface area contributed by atoms with Crippen molar-refractivity contribution in [3.63, 3.8) is 0 Å². The summed E-state index contributed by atoms with van der Waals surface area (Å²) in [6, 6.07) is -0.709. The van der Waals surface area contributed by atoms with Gasteiger partial charge in [0.15, 0.2) is 12.2 Å². The van der Waals surface area contributed by atoms with Crippen molar-refractivity contribution in [3.05, 3.63) is 0 Å². The molecule has 0 aromatic carbocycles. The Kier molecular flexibility index (Phi) is 7.97. The number of aliphatic hydroxyl groups excluding tert-OH is 1. The number of carbonyl (C=O) groups is 3. The van der Waals surface area contributed by atoms with Crippen LogP contribution in [0.4, 0.5) is 0 Å². The number of carbonyl (C=O) groups excluding carboxylic acids is 2. The summed E-state index contributed by atoms with van der Waals surface area (Å²) in [5.41, 5.74) is 0. The molecule has 0 aromatic heterocycles. The van der Waals surface area contributed by atoms with Crippen LogP contribution in [0.1, 0.15) is 39.5 Å². The summed E-state index contributed by atoms with van der Waals surface area (Å²) in [6.45, 7) is 4.47. The van der Waals surface area contributed by atoms with E-state index in [0.717, 1.165) is 12.8 Å². The van der Waals surface area contributed by atoms with Crippen LogP contribution in [-0.2, 0) is 19.1 Å². The van der Waals surface area contributed by atoms with Crippen molar-refractivity contribution in [2.24, 2.45) is 5.92 Å². The topological polar surface area (TPSA) is 128 Å². The molecule has 2 amide bonds. The van der Waals surface area contributed by atoms with Crippen LogP contribution in [0.5, 0.6) is 0 Å². The van der Waals surface area contributed by atoms with Gasteiger partial charge in [-0.2, -0.15) is 0 Å². The third-order valence-electron chi connectivity index (χ3n) is 3.47. The SMILES string of the molecule is CC(C)CC(NC(=O)C1OC1C(=O)O)C(=O)NCCCCCO. The number of unbranched alkanes of at least 4 members (excludes halogenated alkanes) is 2. The fourth-order valence-corrected chi connectivity index (χ4v) is 2.20. The van der Waals surface area contributed by atoms with E-state index < -0.39 is 30.1 Å². The Morgan fingerprint density at radius 2 is 1.83 bits per heavy atom. The van der Waals surface area contributed by atoms with Crippen LogP contribution >= 0.6 is 0 Å². The van der Waals surface area contributed by atoms with Crippen molar-refractivity contribution in [1.82, 2.24) is 10.6 Å². The molecule has 8 heteroatoms. The summed E-state index contributed by atoms with van der Waals surface area (Å²) in [5.74, 6) is -1.85. The molecule has 0 radical (unpaired) electrons. The minimum atomic E-state index is -1.18. The molecule has 1 aliphatic rings. The van der Waals surface area contributed by atoms with Gasteiger partial charge in [0, 0.05) is 13.2 Å². The van der Waals surface area contributed by atoms with E-state index in [1.807, 2.05) is 13.8 Å². The van der Waals surface area contributed by atoms with Crippen LogP contribution in [-0.4, -0.2) is 59.4 Å². The molecule has 3 unspecified atom stereocenters. The average Bonchev–Trinajstić information content (AvgIpc) is 3.26. The number of hydrogen-bond acceptors (Lipinski definition) is 5. The van der Waals surface area contributed by atoms with Crippen molar-refractivity contribution < 1.29 is 29.3 Å². The second-order valence-electron chi connectivity index (χ2n) is 6.08. The lowest BCUT2D eigenvalue weighted by Gasteiger charge is -2.19. The summed E-state index contributed by atoms with van der Waals surface area (Å²) in [5, 5.41) is 22.8. The maximum atomic E-state index is 12.2. The molecule has 23 heavy (non-hydrogen) atoms. The number of carboxylic acid groups (broad SMARTS) is 1. The highest BCUT2D eigenvalue weighted by molar-refractivity contribution is 5.95. The first-order chi connectivity index (χ1) is 10.9. The smallest absolute Gasteiger partial charge is 0.336 e. The molecule has 0 aliphatic carbocycles. The highest BCUT2D eigenvalue weighted by Crippen LogP contribution is 2.22. The zero-order valence-electron chi connectivity index (χ0n) is 13.6. The van der Waals surface area contributed by atoms with Gasteiger partial charge in [-0.3, -0.25) is 9.59 Å². The van der Waals surface area contributed by atoms with Gasteiger partial charge in [-0.25, -0.2) is 4.79 Å². The molecule has 0 bridgehead atoms. The maximum Gasteiger partial charge on any atom is 0.336 e. The van der Waals surface area contributed by atoms with Gasteiger partial charge in [-0.15, -0.1) is 0 Å². The van der Waals surface area contributed by atoms with Crippen LogP contribution < -0.4 is 10.6 Å². The molecule has 1 saturated heterocycles. The molecule has 0 aromatic rings. The summed E-state index contributed by atoms with van der Waals surface area (Å²) in [7, 11) is 0. The lowest BCUT2D eigenvalue weighted by molar-refractivity contribution is -0.138. The van der Waals surface area contributed by atoms with Crippen molar-refractivity contribution in [2.45, 2.75) is 57.8 Å². The van der Waals surface area contributed by atoms with E-state index in [1.165, 1.54) is 0 Å². The van der Waals surface area contributed by atoms with Gasteiger partial charge in [-0.1, -0.05) is 13.8 Å². The van der Waals surface area contributed by atoms with E-state index in [-0.39, 0.29) is 18.4 Å². The number of aliphatic hydroxyl groups is 1. The molecule has 3 atom stereocenters. The minimum Gasteiger partial charge on any atom is -0.479 e. The fraction of sp³-hybridized carbons (Fsp3) is 0.800. The Morgan fingerprint density at radius 1 is 1.13 bits per heavy atom. The zero-order valence-corrected chi connectivity index (χ0v) is 13.6. The van der Waals surface area contributed by atoms with Crippen LogP contribution in [0.25, 0.3) is 0 Å². The average molecular weight is 330 g/mol. The van der Waals surface area contributed by atoms with Gasteiger partial charge in [0.05, 0.1) is 0 Å². The van der Waals surface area contributed by atoms with Gasteiger partial charge in [-0.05, 0) is 31.6 Å². The summed E-state index contributed by atoms with van der Waals surface area (Å²) >= 11 is 0. The van der Waals surface area contributed by atoms with E-state index in [9.17, 15) is 14.4 Å². The third kappa shape index (κ3) is 6.96. The molecular weight excluding hydrogens is 304 g/mol. The molecule has 1 rings (SSSR count). The largest absolute Gasteiger partial charge is 0.479 e. The van der Waals surface area contributed by atoms with E-state index in [1.54, 1.807) is 0 Å². The Bertz CT molecular complexity index is 426. The molecule has 1 aliphatic heterocycles. The Balaban J connectivity index is 2.43. The number of rotatable bonds is 11. The quantitative estimate of drug-likeness (QED) is 0.303. The first-order valence-electron chi connectivity index (χ1n) is 7.94. The molecular formula is C15H26N2O6. The van der Waals surface area contributed by atoms with Crippen molar-refractivity contribution in [1.29, 1.82) is 0 Å². The lowest BCUT2D eigenvalue weighted by Crippen LogP contribution is -2.49. The number of epoxide rings is 1. The van der Waals surface area contributed by atoms with Gasteiger partial charge in [0.2, 0.25) is 5.91 Å². The number of ether oxygens (including phenoxy) is 1. The van der Waals surface area contributed by atoms with Crippen molar-refractivity contribution >= 4 is 17.8 Å². The Labute approximate surface area is 135 Å². The van der Waals surface area contributed by atoms with Gasteiger partial charge >= 0.3 is 5.97 Å². The molecule has 4 N–H and O–H groups in total. The van der Waals surface area contributed by atoms with Crippen LogP contribution in [0.3, 0.4) is 0 Å². The van der Waals surface area contributed by atoms with Crippen molar-refractivity contribution in [2.75, 3.05) is 13.2 Å². The predicted molar refractivity (Wildman–Crippen MR) is 81.6 cm³/mol. The Morgan fingerprint density at radius 3 is 2.35 bits per heavy atom. The molecule has 132 valence electrons. The number of hydrogen-bond donors (Lipinski definition) is 4. The summed E-state index contributed by atoms with van der Waals surface area (Å²) in [6.07, 6.45) is 0.585. The van der Waals surface area contributed by atoms with Crippen LogP contribution in [0.2, 0.25) is 0 Å². The fourth-order valence-electron chi connectivity index (χ4n) is 2.20. The lowest BCUT2D eigenvalue weighted by atomic mass is 10.0. The minimum absolute atomic E-state index is 0.131. The molecule has 8 nitrogen and oxygen atoms in total. The molecule has 0 saturated carbocycles. The molecule has 1 heterocycles. The standard InChI is InChI=1S/C15H26N2O6/c1-9(2)8-10(13(19)16-6-4-3-5-7-18)17-14(20)11-12(23-11)15(21)22/h9-12,18H,3-8H2,1-2H3,(H,16,19)(H,17,20)(H,21,22). The third-order valence-corrected chi connectivity index (χ3v) is 3.47. The summed E-state index contributed by atoms with van der Waals surface area (Å²) in [4.78, 5) is 34.8. The van der Waals surface area contributed by atoms with E-state index >= 15 is 0 Å². The van der Waals surface area contributed by atoms with Crippen molar-refractivity contribution in [3.8, 4) is 0 Å². The second kappa shape index (κ2) is 9.46. The Hall–Kier alpha value is -1.67. The first-order valence-corrected chi connectivity index (χ1v) is 7.94. The van der Waals surface area contributed by atoms with Crippen LogP contribution in [0.15, 0.2) is 0 Å². The van der Waals surface area contributed by atoms with E-state index in [4.69, 9.17) is 14.9 Å². The molecule has 1 fully saturated rings. The maximum absolute atomic E-state index is 12.2. The predicted octanol–water partition coefficient (Wildman–Crippen LogP) is -0.352. The zero-order chi connectivity index (χ0) is 17.4. The summed E-state index contributed by atoms with van der Waals surface area (Å²) < 4.78 is 4.78. The highest BCUT2D eigenvalue weighted by Gasteiger charge is 2.51. The van der Waals surface area contributed by atoms with E-state index in [0.29, 0.717) is 19.4 Å². The normalized spacial score (nSPS) is 20.9. The number of nitrogens with one attached hydrogen (secondary N) is 2.